The summed E-state index contributed by atoms with van der Waals surface area (Å²) in [6, 6.07) is 1.81. The van der Waals surface area contributed by atoms with Crippen LogP contribution in [0.2, 0.25) is 0 Å². The molecule has 0 radical (unpaired) electrons. The number of nitrogens with zero attached hydrogens (tertiary/aromatic N) is 4. The second kappa shape index (κ2) is 5.83. The van der Waals surface area contributed by atoms with E-state index in [9.17, 15) is 13.2 Å². The van der Waals surface area contributed by atoms with Crippen molar-refractivity contribution in [3.05, 3.63) is 11.4 Å². The van der Waals surface area contributed by atoms with Gasteiger partial charge in [-0.25, -0.2) is 8.42 Å². The van der Waals surface area contributed by atoms with Crippen LogP contribution < -0.4 is 0 Å². The van der Waals surface area contributed by atoms with Gasteiger partial charge in [0, 0.05) is 26.2 Å². The summed E-state index contributed by atoms with van der Waals surface area (Å²) in [6.07, 6.45) is -0.174. The Labute approximate surface area is 123 Å². The number of sulfonamides is 1. The number of hydrogen-bond donors (Lipinski definition) is 1. The van der Waals surface area contributed by atoms with E-state index in [2.05, 4.69) is 10.2 Å². The zero-order valence-electron chi connectivity index (χ0n) is 12.0. The highest BCUT2D eigenvalue weighted by Gasteiger charge is 2.33. The molecule has 1 aliphatic rings. The lowest BCUT2D eigenvalue weighted by Gasteiger charge is -2.33. The normalized spacial score (nSPS) is 16.7. The average Bonchev–Trinajstić information content (AvgIpc) is 2.79. The zero-order chi connectivity index (χ0) is 15.6. The molecule has 0 saturated carbocycles. The molecule has 1 fully saturated rings. The predicted octanol–water partition coefficient (Wildman–Crippen LogP) is -0.227. The lowest BCUT2D eigenvalue weighted by atomic mass is 10.3. The quantitative estimate of drug-likeness (QED) is 0.829. The number of aromatic nitrogens is 2. The molecular formula is C12H17N5O3S. The Morgan fingerprint density at radius 2 is 1.95 bits per heavy atom. The van der Waals surface area contributed by atoms with Gasteiger partial charge in [0.25, 0.3) is 0 Å². The number of aromatic amines is 1. The van der Waals surface area contributed by atoms with E-state index in [1.54, 1.807) is 13.8 Å². The molecule has 8 nitrogen and oxygen atoms in total. The molecule has 0 unspecified atom stereocenters. The molecule has 0 spiro atoms. The zero-order valence-corrected chi connectivity index (χ0v) is 12.8. The standard InChI is InChI=1S/C12H17N5O3S/c1-9-12(10(2)15-14-9)21(19,20)17-7-5-16(6-8-17)11(18)3-4-13/h3,5-8H2,1-2H3,(H,14,15). The lowest BCUT2D eigenvalue weighted by Crippen LogP contribution is -2.50. The van der Waals surface area contributed by atoms with Crippen molar-refractivity contribution in [1.82, 2.24) is 19.4 Å². The first-order valence-electron chi connectivity index (χ1n) is 6.54. The van der Waals surface area contributed by atoms with Crippen LogP contribution in [0.1, 0.15) is 17.8 Å². The molecule has 1 aliphatic heterocycles. The first kappa shape index (κ1) is 15.5. The topological polar surface area (TPSA) is 110 Å². The number of amides is 1. The Morgan fingerprint density at radius 3 is 2.43 bits per heavy atom. The highest BCUT2D eigenvalue weighted by molar-refractivity contribution is 7.89. The van der Waals surface area contributed by atoms with E-state index in [4.69, 9.17) is 5.26 Å². The summed E-state index contributed by atoms with van der Waals surface area (Å²) in [5, 5.41) is 15.1. The molecule has 0 atom stereocenters. The van der Waals surface area contributed by atoms with Gasteiger partial charge in [0.15, 0.2) is 0 Å². The van der Waals surface area contributed by atoms with Crippen LogP contribution in [0.25, 0.3) is 0 Å². The Kier molecular flexibility index (Phi) is 4.29. The number of carbonyl (C=O) groups is 1. The number of aryl methyl sites for hydroxylation is 2. The van der Waals surface area contributed by atoms with Gasteiger partial charge in [-0.1, -0.05) is 0 Å². The van der Waals surface area contributed by atoms with Crippen LogP contribution >= 0.6 is 0 Å². The van der Waals surface area contributed by atoms with Crippen molar-refractivity contribution in [2.24, 2.45) is 0 Å². The SMILES string of the molecule is Cc1n[nH]c(C)c1S(=O)(=O)N1CCN(C(=O)CC#N)CC1. The lowest BCUT2D eigenvalue weighted by molar-refractivity contribution is -0.131. The summed E-state index contributed by atoms with van der Waals surface area (Å²) in [5.74, 6) is -0.259. The van der Waals surface area contributed by atoms with Crippen molar-refractivity contribution in [2.75, 3.05) is 26.2 Å². The fourth-order valence-corrected chi connectivity index (χ4v) is 4.16. The number of nitrogens with one attached hydrogen (secondary N) is 1. The number of piperazine rings is 1. The smallest absolute Gasteiger partial charge is 0.246 e. The van der Waals surface area contributed by atoms with Crippen molar-refractivity contribution < 1.29 is 13.2 Å². The minimum absolute atomic E-state index is 0.174. The van der Waals surface area contributed by atoms with Gasteiger partial charge in [-0.2, -0.15) is 14.7 Å². The summed E-state index contributed by atoms with van der Waals surface area (Å²) < 4.78 is 26.6. The molecule has 0 bridgehead atoms. The second-order valence-electron chi connectivity index (χ2n) is 4.88. The van der Waals surface area contributed by atoms with Crippen molar-refractivity contribution in [1.29, 1.82) is 5.26 Å². The Morgan fingerprint density at radius 1 is 1.33 bits per heavy atom. The third-order valence-electron chi connectivity index (χ3n) is 3.48. The number of carbonyl (C=O) groups excluding carboxylic acids is 1. The average molecular weight is 311 g/mol. The number of H-pyrrole nitrogens is 1. The number of nitriles is 1. The Hall–Kier alpha value is -1.92. The van der Waals surface area contributed by atoms with Crippen LogP contribution in [-0.2, 0) is 14.8 Å². The molecule has 0 aromatic carbocycles. The van der Waals surface area contributed by atoms with Crippen molar-refractivity contribution in [3.8, 4) is 6.07 Å². The molecule has 2 rings (SSSR count). The van der Waals surface area contributed by atoms with Crippen molar-refractivity contribution in [2.45, 2.75) is 25.2 Å². The van der Waals surface area contributed by atoms with Crippen LogP contribution in [0.5, 0.6) is 0 Å². The van der Waals surface area contributed by atoms with Gasteiger partial charge >= 0.3 is 0 Å². The molecule has 9 heteroatoms. The van der Waals surface area contributed by atoms with E-state index in [1.165, 1.54) is 9.21 Å². The van der Waals surface area contributed by atoms with Gasteiger partial charge in [0.1, 0.15) is 11.3 Å². The van der Waals surface area contributed by atoms with Crippen molar-refractivity contribution >= 4 is 15.9 Å². The highest BCUT2D eigenvalue weighted by atomic mass is 32.2. The van der Waals surface area contributed by atoms with E-state index in [-0.39, 0.29) is 30.3 Å². The third kappa shape index (κ3) is 2.91. The maximum Gasteiger partial charge on any atom is 0.246 e. The summed E-state index contributed by atoms with van der Waals surface area (Å²) in [4.78, 5) is 13.3. The van der Waals surface area contributed by atoms with E-state index in [1.807, 2.05) is 6.07 Å². The van der Waals surface area contributed by atoms with E-state index >= 15 is 0 Å². The number of hydrogen-bond acceptors (Lipinski definition) is 5. The molecule has 2 heterocycles. The Balaban J connectivity index is 2.12. The molecule has 1 amide bonds. The molecule has 1 saturated heterocycles. The molecular weight excluding hydrogens is 294 g/mol. The summed E-state index contributed by atoms with van der Waals surface area (Å²) >= 11 is 0. The maximum absolute atomic E-state index is 12.6. The fourth-order valence-electron chi connectivity index (χ4n) is 2.41. The predicted molar refractivity (Wildman–Crippen MR) is 73.6 cm³/mol. The molecule has 1 N–H and O–H groups in total. The highest BCUT2D eigenvalue weighted by Crippen LogP contribution is 2.22. The molecule has 21 heavy (non-hydrogen) atoms. The van der Waals surface area contributed by atoms with E-state index in [0.717, 1.165) is 0 Å². The summed E-state index contributed by atoms with van der Waals surface area (Å²) in [7, 11) is -3.60. The van der Waals surface area contributed by atoms with E-state index in [0.29, 0.717) is 24.5 Å². The molecule has 1 aromatic heterocycles. The minimum atomic E-state index is -3.60. The van der Waals surface area contributed by atoms with Gasteiger partial charge in [0.2, 0.25) is 15.9 Å². The van der Waals surface area contributed by atoms with Gasteiger partial charge in [0.05, 0.1) is 17.5 Å². The van der Waals surface area contributed by atoms with Gasteiger partial charge < -0.3 is 4.90 Å². The largest absolute Gasteiger partial charge is 0.339 e. The van der Waals surface area contributed by atoms with Crippen LogP contribution in [0.15, 0.2) is 4.90 Å². The summed E-state index contributed by atoms with van der Waals surface area (Å²) in [5.41, 5.74) is 0.950. The molecule has 114 valence electrons. The summed E-state index contributed by atoms with van der Waals surface area (Å²) in [6.45, 7) is 4.36. The first-order valence-corrected chi connectivity index (χ1v) is 7.98. The fraction of sp³-hybridized carbons (Fsp3) is 0.583. The first-order chi connectivity index (χ1) is 9.87. The number of rotatable bonds is 3. The van der Waals surface area contributed by atoms with Crippen LogP contribution in [0, 0.1) is 25.2 Å². The Bertz CT molecular complexity index is 661. The van der Waals surface area contributed by atoms with Gasteiger partial charge in [-0.15, -0.1) is 0 Å². The maximum atomic E-state index is 12.6. The molecule has 0 aliphatic carbocycles. The van der Waals surface area contributed by atoms with Gasteiger partial charge in [-0.05, 0) is 13.8 Å². The van der Waals surface area contributed by atoms with Crippen LogP contribution in [-0.4, -0.2) is 59.9 Å². The van der Waals surface area contributed by atoms with Crippen molar-refractivity contribution in [3.63, 3.8) is 0 Å². The van der Waals surface area contributed by atoms with Crippen LogP contribution in [0.4, 0.5) is 0 Å². The van der Waals surface area contributed by atoms with Gasteiger partial charge in [-0.3, -0.25) is 9.89 Å². The van der Waals surface area contributed by atoms with E-state index < -0.39 is 10.0 Å². The molecule has 1 aromatic rings. The second-order valence-corrected chi connectivity index (χ2v) is 6.76. The monoisotopic (exact) mass is 311 g/mol. The minimum Gasteiger partial charge on any atom is -0.339 e. The van der Waals surface area contributed by atoms with Crippen LogP contribution in [0.3, 0.4) is 0 Å². The third-order valence-corrected chi connectivity index (χ3v) is 5.64.